The number of carbonyl (C=O) groups is 1. The minimum Gasteiger partial charge on any atom is -0.369 e. The molecule has 0 saturated carbocycles. The van der Waals surface area contributed by atoms with Gasteiger partial charge in [0, 0.05) is 6.54 Å². The van der Waals surface area contributed by atoms with Crippen molar-refractivity contribution >= 4 is 5.91 Å². The smallest absolute Gasteiger partial charge is 0.240 e. The van der Waals surface area contributed by atoms with Crippen LogP contribution >= 0.6 is 0 Å². The highest BCUT2D eigenvalue weighted by molar-refractivity contribution is 5.75. The fourth-order valence-electron chi connectivity index (χ4n) is 1.56. The van der Waals surface area contributed by atoms with Crippen molar-refractivity contribution in [1.29, 1.82) is 0 Å². The number of hydrogen-bond acceptors (Lipinski definition) is 6. The van der Waals surface area contributed by atoms with Gasteiger partial charge in [0.1, 0.15) is 0 Å². The molecular formula is C10H19N5O2. The molecule has 0 bridgehead atoms. The van der Waals surface area contributed by atoms with E-state index in [0.29, 0.717) is 24.2 Å². The van der Waals surface area contributed by atoms with E-state index in [9.17, 15) is 4.79 Å². The average molecular weight is 241 g/mol. The van der Waals surface area contributed by atoms with Gasteiger partial charge in [-0.15, -0.1) is 0 Å². The SMILES string of the molecule is CC(C)CN(CC(N)=O)Cc1noc(CN)n1. The van der Waals surface area contributed by atoms with Crippen LogP contribution in [0.25, 0.3) is 0 Å². The zero-order valence-electron chi connectivity index (χ0n) is 10.2. The van der Waals surface area contributed by atoms with Crippen LogP contribution < -0.4 is 11.5 Å². The zero-order chi connectivity index (χ0) is 12.8. The molecular weight excluding hydrogens is 222 g/mol. The quantitative estimate of drug-likeness (QED) is 0.664. The lowest BCUT2D eigenvalue weighted by Crippen LogP contribution is -2.36. The number of rotatable bonds is 7. The van der Waals surface area contributed by atoms with E-state index < -0.39 is 0 Å². The minimum absolute atomic E-state index is 0.185. The standard InChI is InChI=1S/C10H19N5O2/c1-7(2)4-15(5-8(12)16)6-9-13-10(3-11)17-14-9/h7H,3-6,11H2,1-2H3,(H2,12,16). The van der Waals surface area contributed by atoms with Gasteiger partial charge >= 0.3 is 0 Å². The summed E-state index contributed by atoms with van der Waals surface area (Å²) >= 11 is 0. The van der Waals surface area contributed by atoms with Gasteiger partial charge in [0.05, 0.1) is 19.6 Å². The van der Waals surface area contributed by atoms with E-state index in [4.69, 9.17) is 16.0 Å². The summed E-state index contributed by atoms with van der Waals surface area (Å²) in [7, 11) is 0. The Hall–Kier alpha value is -1.47. The minimum atomic E-state index is -0.367. The van der Waals surface area contributed by atoms with Crippen LogP contribution in [-0.2, 0) is 17.9 Å². The van der Waals surface area contributed by atoms with Crippen LogP contribution in [0.4, 0.5) is 0 Å². The van der Waals surface area contributed by atoms with Crippen LogP contribution in [0.3, 0.4) is 0 Å². The second kappa shape index (κ2) is 6.31. The number of amides is 1. The molecule has 1 amide bonds. The molecule has 0 fully saturated rings. The summed E-state index contributed by atoms with van der Waals surface area (Å²) in [6.07, 6.45) is 0. The molecule has 1 aromatic rings. The Morgan fingerprint density at radius 2 is 2.24 bits per heavy atom. The van der Waals surface area contributed by atoms with Gasteiger partial charge in [0.15, 0.2) is 5.82 Å². The van der Waals surface area contributed by atoms with Gasteiger partial charge in [-0.2, -0.15) is 4.98 Å². The average Bonchev–Trinajstić information content (AvgIpc) is 2.63. The summed E-state index contributed by atoms with van der Waals surface area (Å²) < 4.78 is 4.90. The van der Waals surface area contributed by atoms with Crippen molar-refractivity contribution in [2.45, 2.75) is 26.9 Å². The monoisotopic (exact) mass is 241 g/mol. The molecule has 0 aliphatic carbocycles. The maximum atomic E-state index is 10.9. The fraction of sp³-hybridized carbons (Fsp3) is 0.700. The Balaban J connectivity index is 2.60. The predicted octanol–water partition coefficient (Wildman–Crippen LogP) is -0.528. The van der Waals surface area contributed by atoms with E-state index in [0.717, 1.165) is 6.54 Å². The first-order valence-electron chi connectivity index (χ1n) is 5.53. The van der Waals surface area contributed by atoms with Gasteiger partial charge in [0.25, 0.3) is 0 Å². The molecule has 96 valence electrons. The van der Waals surface area contributed by atoms with Gasteiger partial charge in [-0.25, -0.2) is 0 Å². The molecule has 7 heteroatoms. The lowest BCUT2D eigenvalue weighted by molar-refractivity contribution is -0.119. The number of nitrogens with zero attached hydrogens (tertiary/aromatic N) is 3. The van der Waals surface area contributed by atoms with Gasteiger partial charge in [-0.05, 0) is 5.92 Å². The first-order chi connectivity index (χ1) is 8.01. The van der Waals surface area contributed by atoms with E-state index in [1.54, 1.807) is 0 Å². The van der Waals surface area contributed by atoms with Crippen LogP contribution in [0.2, 0.25) is 0 Å². The molecule has 4 N–H and O–H groups in total. The Morgan fingerprint density at radius 1 is 1.53 bits per heavy atom. The molecule has 0 spiro atoms. The lowest BCUT2D eigenvalue weighted by Gasteiger charge is -2.20. The third-order valence-corrected chi connectivity index (χ3v) is 2.05. The Labute approximate surface area is 100 Å². The van der Waals surface area contributed by atoms with Crippen molar-refractivity contribution in [3.8, 4) is 0 Å². The molecule has 17 heavy (non-hydrogen) atoms. The van der Waals surface area contributed by atoms with Crippen molar-refractivity contribution in [1.82, 2.24) is 15.0 Å². The van der Waals surface area contributed by atoms with E-state index in [-0.39, 0.29) is 19.0 Å². The van der Waals surface area contributed by atoms with Crippen LogP contribution in [0.15, 0.2) is 4.52 Å². The van der Waals surface area contributed by atoms with Crippen molar-refractivity contribution in [2.75, 3.05) is 13.1 Å². The van der Waals surface area contributed by atoms with E-state index in [2.05, 4.69) is 24.0 Å². The third kappa shape index (κ3) is 4.92. The number of carbonyl (C=O) groups excluding carboxylic acids is 1. The first kappa shape index (κ1) is 13.6. The van der Waals surface area contributed by atoms with Crippen molar-refractivity contribution in [3.05, 3.63) is 11.7 Å². The summed E-state index contributed by atoms with van der Waals surface area (Å²) in [5, 5.41) is 3.78. The van der Waals surface area contributed by atoms with Gasteiger partial charge in [-0.3, -0.25) is 9.69 Å². The highest BCUT2D eigenvalue weighted by atomic mass is 16.5. The number of aromatic nitrogens is 2. The molecule has 1 rings (SSSR count). The fourth-order valence-corrected chi connectivity index (χ4v) is 1.56. The topological polar surface area (TPSA) is 111 Å². The Kier molecular flexibility index (Phi) is 5.05. The summed E-state index contributed by atoms with van der Waals surface area (Å²) in [4.78, 5) is 16.9. The maximum Gasteiger partial charge on any atom is 0.240 e. The van der Waals surface area contributed by atoms with Crippen LogP contribution in [0.5, 0.6) is 0 Å². The summed E-state index contributed by atoms with van der Waals surface area (Å²) in [6, 6.07) is 0. The summed E-state index contributed by atoms with van der Waals surface area (Å²) in [6.45, 7) is 5.71. The molecule has 0 atom stereocenters. The molecule has 1 heterocycles. The molecule has 0 aromatic carbocycles. The second-order valence-electron chi connectivity index (χ2n) is 4.34. The Morgan fingerprint density at radius 3 is 2.71 bits per heavy atom. The predicted molar refractivity (Wildman–Crippen MR) is 61.5 cm³/mol. The van der Waals surface area contributed by atoms with Gasteiger partial charge < -0.3 is 16.0 Å². The number of primary amides is 1. The van der Waals surface area contributed by atoms with Crippen LogP contribution in [0.1, 0.15) is 25.6 Å². The maximum absolute atomic E-state index is 10.9. The second-order valence-corrected chi connectivity index (χ2v) is 4.34. The van der Waals surface area contributed by atoms with Crippen LogP contribution in [0, 0.1) is 5.92 Å². The van der Waals surface area contributed by atoms with Crippen LogP contribution in [-0.4, -0.2) is 34.0 Å². The van der Waals surface area contributed by atoms with E-state index in [1.165, 1.54) is 0 Å². The number of hydrogen-bond donors (Lipinski definition) is 2. The normalized spacial score (nSPS) is 11.4. The van der Waals surface area contributed by atoms with Crippen molar-refractivity contribution in [3.63, 3.8) is 0 Å². The molecule has 0 unspecified atom stereocenters. The molecule has 0 aliphatic rings. The molecule has 0 saturated heterocycles. The third-order valence-electron chi connectivity index (χ3n) is 2.05. The van der Waals surface area contributed by atoms with Crippen molar-refractivity contribution in [2.24, 2.45) is 17.4 Å². The largest absolute Gasteiger partial charge is 0.369 e. The van der Waals surface area contributed by atoms with Crippen molar-refractivity contribution < 1.29 is 9.32 Å². The molecule has 0 radical (unpaired) electrons. The molecule has 0 aliphatic heterocycles. The highest BCUT2D eigenvalue weighted by Gasteiger charge is 2.14. The Bertz CT molecular complexity index is 363. The summed E-state index contributed by atoms with van der Waals surface area (Å²) in [5.41, 5.74) is 10.6. The molecule has 1 aromatic heterocycles. The van der Waals surface area contributed by atoms with Gasteiger partial charge in [0.2, 0.25) is 11.8 Å². The summed E-state index contributed by atoms with van der Waals surface area (Å²) in [5.74, 6) is 0.972. The highest BCUT2D eigenvalue weighted by Crippen LogP contribution is 2.04. The van der Waals surface area contributed by atoms with E-state index >= 15 is 0 Å². The zero-order valence-corrected chi connectivity index (χ0v) is 10.2. The molecule has 7 nitrogen and oxygen atoms in total. The van der Waals surface area contributed by atoms with Gasteiger partial charge in [-0.1, -0.05) is 19.0 Å². The van der Waals surface area contributed by atoms with E-state index in [1.807, 2.05) is 4.90 Å². The first-order valence-corrected chi connectivity index (χ1v) is 5.53. The number of nitrogens with two attached hydrogens (primary N) is 2. The lowest BCUT2D eigenvalue weighted by atomic mass is 10.2.